The number of hydrogen-bond donors (Lipinski definition) is 0. The molecule has 0 aliphatic heterocycles. The molecule has 6 nitrogen and oxygen atoms in total. The second kappa shape index (κ2) is 25.5. The van der Waals surface area contributed by atoms with Crippen LogP contribution in [-0.2, 0) is 5.41 Å². The first-order valence-corrected chi connectivity index (χ1v) is 27.8. The Hall–Kier alpha value is -6.66. The van der Waals surface area contributed by atoms with Crippen molar-refractivity contribution in [2.45, 2.75) is 104 Å². The van der Waals surface area contributed by atoms with Crippen LogP contribution in [0.25, 0.3) is 44.5 Å². The molecule has 7 aromatic carbocycles. The Morgan fingerprint density at radius 3 is 1.16 bits per heavy atom. The first-order chi connectivity index (χ1) is 35.7. The molecule has 390 valence electrons. The van der Waals surface area contributed by atoms with Crippen LogP contribution in [0.3, 0.4) is 0 Å². The minimum absolute atomic E-state index is 0.0617. The number of hydrogen-bond acceptors (Lipinski definition) is 6. The van der Waals surface area contributed by atoms with E-state index in [0.29, 0.717) is 0 Å². The highest BCUT2D eigenvalue weighted by Gasteiger charge is 2.31. The average molecular weight is 989 g/mol. The standard InChI is InChI=1S/C68H88N6/c1-14-18-20-22-45-73(65-48-55(51-27-36-57(37-28-51)69(6)7)35-44-63(65)53-31-40-59(41-32-53)71(10)11)61-25-24-26-62(50-61)74(46-23-21-19-15-2)66-49-56(52-29-38-58(39-30-52)70(8)9)47-64(68(5,16-3)17-4)67(66)54-33-42-60(43-34-54)72(12)13/h24-44,47-50H,14-23,45-46H2,1-13H3. The first-order valence-electron chi connectivity index (χ1n) is 27.8. The van der Waals surface area contributed by atoms with Gasteiger partial charge in [0.05, 0.1) is 0 Å². The van der Waals surface area contributed by atoms with Gasteiger partial charge >= 0.3 is 0 Å². The molecule has 7 rings (SSSR count). The predicted octanol–water partition coefficient (Wildman–Crippen LogP) is 18.1. The Morgan fingerprint density at radius 2 is 0.730 bits per heavy atom. The monoisotopic (exact) mass is 989 g/mol. The summed E-state index contributed by atoms with van der Waals surface area (Å²) >= 11 is 0. The largest absolute Gasteiger partial charge is 0.378 e. The van der Waals surface area contributed by atoms with Gasteiger partial charge in [0.25, 0.3) is 0 Å². The quantitative estimate of drug-likeness (QED) is 0.0528. The van der Waals surface area contributed by atoms with E-state index in [-0.39, 0.29) is 5.41 Å². The van der Waals surface area contributed by atoms with Gasteiger partial charge in [-0.25, -0.2) is 0 Å². The van der Waals surface area contributed by atoms with E-state index in [9.17, 15) is 0 Å². The minimum Gasteiger partial charge on any atom is -0.378 e. The van der Waals surface area contributed by atoms with Crippen LogP contribution >= 0.6 is 0 Å². The summed E-state index contributed by atoms with van der Waals surface area (Å²) in [5.41, 5.74) is 21.1. The van der Waals surface area contributed by atoms with Crippen LogP contribution in [0.2, 0.25) is 0 Å². The van der Waals surface area contributed by atoms with Gasteiger partial charge in [-0.05, 0) is 155 Å². The Bertz CT molecular complexity index is 2840. The maximum absolute atomic E-state index is 2.69. The number of benzene rings is 7. The van der Waals surface area contributed by atoms with Crippen molar-refractivity contribution in [1.82, 2.24) is 0 Å². The lowest BCUT2D eigenvalue weighted by atomic mass is 9.73. The molecule has 0 aliphatic rings. The van der Waals surface area contributed by atoms with Crippen molar-refractivity contribution in [3.63, 3.8) is 0 Å². The van der Waals surface area contributed by atoms with Crippen molar-refractivity contribution in [3.8, 4) is 44.5 Å². The Labute approximate surface area is 448 Å². The van der Waals surface area contributed by atoms with E-state index >= 15 is 0 Å². The van der Waals surface area contributed by atoms with Gasteiger partial charge in [0, 0.05) is 126 Å². The Kier molecular flexibility index (Phi) is 19.0. The number of unbranched alkanes of at least 4 members (excludes halogenated alkanes) is 6. The zero-order valence-corrected chi connectivity index (χ0v) is 47.6. The summed E-state index contributed by atoms with van der Waals surface area (Å²) in [6, 6.07) is 58.4. The van der Waals surface area contributed by atoms with Gasteiger partial charge in [-0.15, -0.1) is 0 Å². The van der Waals surface area contributed by atoms with E-state index < -0.39 is 0 Å². The molecule has 0 unspecified atom stereocenters. The van der Waals surface area contributed by atoms with Crippen LogP contribution in [0.1, 0.15) is 104 Å². The molecule has 0 radical (unpaired) electrons. The zero-order valence-electron chi connectivity index (χ0n) is 47.6. The van der Waals surface area contributed by atoms with Crippen LogP contribution in [0, 0.1) is 0 Å². The molecule has 0 saturated heterocycles. The lowest BCUT2D eigenvalue weighted by Crippen LogP contribution is -2.25. The summed E-state index contributed by atoms with van der Waals surface area (Å²) in [5, 5.41) is 0. The third-order valence-electron chi connectivity index (χ3n) is 15.6. The summed E-state index contributed by atoms with van der Waals surface area (Å²) in [4.78, 5) is 14.1. The predicted molar refractivity (Wildman–Crippen MR) is 329 cm³/mol. The van der Waals surface area contributed by atoms with E-state index in [0.717, 1.165) is 38.8 Å². The molecule has 0 aliphatic carbocycles. The molecule has 0 N–H and O–H groups in total. The highest BCUT2D eigenvalue weighted by atomic mass is 15.2. The minimum atomic E-state index is -0.0617. The van der Waals surface area contributed by atoms with Gasteiger partial charge < -0.3 is 29.4 Å². The highest BCUT2D eigenvalue weighted by molar-refractivity contribution is 5.92. The van der Waals surface area contributed by atoms with Gasteiger partial charge in [0.15, 0.2) is 0 Å². The number of nitrogens with zero attached hydrogens (tertiary/aromatic N) is 6. The lowest BCUT2D eigenvalue weighted by molar-refractivity contribution is 0.440. The van der Waals surface area contributed by atoms with E-state index in [1.807, 2.05) is 0 Å². The smallest absolute Gasteiger partial charge is 0.0499 e. The van der Waals surface area contributed by atoms with Gasteiger partial charge in [0.1, 0.15) is 0 Å². The van der Waals surface area contributed by atoms with Gasteiger partial charge in [0.2, 0.25) is 0 Å². The van der Waals surface area contributed by atoms with E-state index in [4.69, 9.17) is 0 Å². The zero-order chi connectivity index (χ0) is 52.9. The first kappa shape index (κ1) is 55.1. The fraction of sp³-hybridized carbons (Fsp3) is 0.382. The van der Waals surface area contributed by atoms with Crippen molar-refractivity contribution < 1.29 is 0 Å². The van der Waals surface area contributed by atoms with Gasteiger partial charge in [-0.1, -0.05) is 140 Å². The van der Waals surface area contributed by atoms with Crippen LogP contribution in [0.4, 0.5) is 45.5 Å². The normalized spacial score (nSPS) is 11.4. The van der Waals surface area contributed by atoms with Gasteiger partial charge in [-0.2, -0.15) is 0 Å². The molecule has 0 saturated carbocycles. The van der Waals surface area contributed by atoms with Crippen LogP contribution < -0.4 is 29.4 Å². The van der Waals surface area contributed by atoms with E-state index in [2.05, 4.69) is 272 Å². The molecular weight excluding hydrogens is 901 g/mol. The third-order valence-corrected chi connectivity index (χ3v) is 15.6. The molecule has 0 spiro atoms. The second-order valence-electron chi connectivity index (χ2n) is 21.6. The van der Waals surface area contributed by atoms with Crippen LogP contribution in [0.15, 0.2) is 152 Å². The molecule has 0 bridgehead atoms. The van der Waals surface area contributed by atoms with E-state index in [1.54, 1.807) is 0 Å². The summed E-state index contributed by atoms with van der Waals surface area (Å²) < 4.78 is 0. The van der Waals surface area contributed by atoms with Crippen LogP contribution in [0.5, 0.6) is 0 Å². The number of anilines is 8. The van der Waals surface area contributed by atoms with Crippen molar-refractivity contribution in [2.75, 3.05) is 98.9 Å². The molecule has 0 amide bonds. The van der Waals surface area contributed by atoms with Gasteiger partial charge in [-0.3, -0.25) is 0 Å². The fourth-order valence-electron chi connectivity index (χ4n) is 10.4. The molecular formula is C68H88N6. The van der Waals surface area contributed by atoms with Crippen molar-refractivity contribution in [2.24, 2.45) is 0 Å². The van der Waals surface area contributed by atoms with Crippen molar-refractivity contribution in [1.29, 1.82) is 0 Å². The molecule has 0 atom stereocenters. The average Bonchev–Trinajstić information content (AvgIpc) is 3.42. The SMILES string of the molecule is CCCCCCN(c1cccc(N(CCCCCC)c2cc(-c3ccc(N(C)C)cc3)cc(C(C)(CC)CC)c2-c2ccc(N(C)C)cc2)c1)c1cc(-c2ccc(N(C)C)cc2)ccc1-c1ccc(N(C)C)cc1. The summed E-state index contributed by atoms with van der Waals surface area (Å²) in [6.45, 7) is 13.7. The molecule has 6 heteroatoms. The third kappa shape index (κ3) is 13.0. The molecule has 0 aromatic heterocycles. The number of rotatable bonds is 25. The highest BCUT2D eigenvalue weighted by Crippen LogP contribution is 2.49. The van der Waals surface area contributed by atoms with Crippen LogP contribution in [-0.4, -0.2) is 69.5 Å². The maximum atomic E-state index is 2.69. The second-order valence-corrected chi connectivity index (χ2v) is 21.6. The summed E-state index contributed by atoms with van der Waals surface area (Å²) in [5.74, 6) is 0. The lowest BCUT2D eigenvalue weighted by Gasteiger charge is -2.36. The molecule has 0 fully saturated rings. The Balaban J connectivity index is 1.50. The topological polar surface area (TPSA) is 19.4 Å². The van der Waals surface area contributed by atoms with Crippen molar-refractivity contribution in [3.05, 3.63) is 157 Å². The summed E-state index contributed by atoms with van der Waals surface area (Å²) in [6.07, 6.45) is 11.5. The maximum Gasteiger partial charge on any atom is 0.0499 e. The van der Waals surface area contributed by atoms with E-state index in [1.165, 1.54) is 134 Å². The molecule has 0 heterocycles. The molecule has 74 heavy (non-hydrogen) atoms. The fourth-order valence-corrected chi connectivity index (χ4v) is 10.4. The van der Waals surface area contributed by atoms with Crippen molar-refractivity contribution >= 4 is 45.5 Å². The molecule has 7 aromatic rings. The summed E-state index contributed by atoms with van der Waals surface area (Å²) in [7, 11) is 17.0. The Morgan fingerprint density at radius 1 is 0.338 bits per heavy atom.